The Morgan fingerprint density at radius 1 is 0.533 bits per heavy atom. The highest BCUT2D eigenvalue weighted by Crippen LogP contribution is 2.30. The second-order valence-corrected chi connectivity index (χ2v) is 12.6. The quantitative estimate of drug-likeness (QED) is 0.0194. The number of terminal acetylenes is 1. The van der Waals surface area contributed by atoms with Crippen LogP contribution in [0, 0.1) is 12.3 Å². The molecule has 0 saturated carbocycles. The summed E-state index contributed by atoms with van der Waals surface area (Å²) < 4.78 is 37.7. The van der Waals surface area contributed by atoms with Crippen LogP contribution >= 0.6 is 0 Å². The summed E-state index contributed by atoms with van der Waals surface area (Å²) in [7, 11) is 0. The second-order valence-electron chi connectivity index (χ2n) is 12.6. The summed E-state index contributed by atoms with van der Waals surface area (Å²) in [6.07, 6.45) is 8.48. The third-order valence-electron chi connectivity index (χ3n) is 8.41. The van der Waals surface area contributed by atoms with Gasteiger partial charge in [0, 0.05) is 30.6 Å². The normalized spacial score (nSPS) is 10.2. The Morgan fingerprint density at radius 3 is 1.47 bits per heavy atom. The number of ether oxygens (including phenoxy) is 7. The molecule has 2 aliphatic carbocycles. The zero-order chi connectivity index (χ0) is 42.7. The Balaban J connectivity index is 0.00000103. The van der Waals surface area contributed by atoms with E-state index in [9.17, 15) is 24.0 Å². The van der Waals surface area contributed by atoms with E-state index >= 15 is 0 Å². The largest absolute Gasteiger partial charge is 0.493 e. The molecule has 12 heteroatoms. The van der Waals surface area contributed by atoms with Crippen molar-refractivity contribution in [3.8, 4) is 46.5 Å². The fourth-order valence-corrected chi connectivity index (χ4v) is 5.07. The first-order chi connectivity index (χ1) is 29.1. The standard InChI is InChI=1S/C42H36O12.C6H4/c1-4-29-9-11-30(12-10-29)28-52-42(47)36-27-35(53-40(45)31-13-17-33(18-14-31)48-23-7-25-50-38(43)5-2)21-22-37(36)54-41(46)32-15-19-34(20-16-32)49-24-8-26-51-39(44)6-3;1-2-6-4-3-5(1)6/h1,5-6,9-22,27H,2-3,7-8,23-26,28H2;1-4H. The zero-order valence-electron chi connectivity index (χ0n) is 32.5. The van der Waals surface area contributed by atoms with Gasteiger partial charge >= 0.3 is 29.8 Å². The summed E-state index contributed by atoms with van der Waals surface area (Å²) >= 11 is 0. The lowest BCUT2D eigenvalue weighted by molar-refractivity contribution is -0.138. The SMILES string of the molecule is C#Cc1ccc(COC(=O)c2cc(OC(=O)c3ccc(OCCCOC(=O)C=C)cc3)ccc2OC(=O)c2ccc(OCCCOC(=O)C=C)cc2)cc1.c1cc2ccc1-2. The van der Waals surface area contributed by atoms with E-state index < -0.39 is 29.8 Å². The highest BCUT2D eigenvalue weighted by molar-refractivity contribution is 5.97. The topological polar surface area (TPSA) is 150 Å². The molecule has 0 aliphatic heterocycles. The lowest BCUT2D eigenvalue weighted by Gasteiger charge is -2.13. The Morgan fingerprint density at radius 2 is 1.02 bits per heavy atom. The lowest BCUT2D eigenvalue weighted by atomic mass is 9.95. The maximum absolute atomic E-state index is 13.4. The molecule has 2 aliphatic rings. The number of rotatable bonds is 19. The third kappa shape index (κ3) is 13.1. The van der Waals surface area contributed by atoms with E-state index in [0.717, 1.165) is 12.2 Å². The summed E-state index contributed by atoms with van der Waals surface area (Å²) in [5.74, 6) is -0.0663. The van der Waals surface area contributed by atoms with Crippen LogP contribution < -0.4 is 18.9 Å². The van der Waals surface area contributed by atoms with Gasteiger partial charge in [0.1, 0.15) is 35.2 Å². The molecule has 0 N–H and O–H groups in total. The molecule has 4 aromatic rings. The highest BCUT2D eigenvalue weighted by Gasteiger charge is 2.21. The van der Waals surface area contributed by atoms with Crippen LogP contribution in [0.1, 0.15) is 55.0 Å². The summed E-state index contributed by atoms with van der Waals surface area (Å²) in [6.45, 7) is 7.43. The number of esters is 5. The van der Waals surface area contributed by atoms with Gasteiger partial charge in [-0.3, -0.25) is 0 Å². The molecular formula is C48H40O12. The van der Waals surface area contributed by atoms with Crippen LogP contribution in [-0.4, -0.2) is 56.3 Å². The number of hydrogen-bond donors (Lipinski definition) is 0. The summed E-state index contributed by atoms with van der Waals surface area (Å²) in [5, 5.41) is 0. The van der Waals surface area contributed by atoms with Gasteiger partial charge in [0.2, 0.25) is 0 Å². The van der Waals surface area contributed by atoms with Crippen molar-refractivity contribution in [2.75, 3.05) is 26.4 Å². The van der Waals surface area contributed by atoms with E-state index in [1.165, 1.54) is 53.6 Å². The van der Waals surface area contributed by atoms with Gasteiger partial charge in [0.25, 0.3) is 0 Å². The van der Waals surface area contributed by atoms with Crippen molar-refractivity contribution >= 4 is 29.8 Å². The minimum absolute atomic E-state index is 0.0136. The summed E-state index contributed by atoms with van der Waals surface area (Å²) in [5.41, 5.74) is 4.35. The third-order valence-corrected chi connectivity index (χ3v) is 8.41. The van der Waals surface area contributed by atoms with Crippen LogP contribution in [-0.2, 0) is 30.4 Å². The molecule has 0 amide bonds. The Labute approximate surface area is 346 Å². The van der Waals surface area contributed by atoms with Gasteiger partial charge in [0.15, 0.2) is 0 Å². The maximum Gasteiger partial charge on any atom is 0.343 e. The molecular weight excluding hydrogens is 769 g/mol. The van der Waals surface area contributed by atoms with Crippen molar-refractivity contribution in [1.29, 1.82) is 0 Å². The minimum Gasteiger partial charge on any atom is -0.493 e. The van der Waals surface area contributed by atoms with Gasteiger partial charge < -0.3 is 33.2 Å². The van der Waals surface area contributed by atoms with Crippen LogP contribution in [0.3, 0.4) is 0 Å². The molecule has 0 bridgehead atoms. The van der Waals surface area contributed by atoms with Crippen molar-refractivity contribution < 1.29 is 57.1 Å². The fraction of sp³-hybridized carbons (Fsp3) is 0.146. The molecule has 0 radical (unpaired) electrons. The van der Waals surface area contributed by atoms with Crippen molar-refractivity contribution in [2.45, 2.75) is 19.4 Å². The van der Waals surface area contributed by atoms with E-state index in [-0.39, 0.29) is 61.2 Å². The minimum atomic E-state index is -0.847. The van der Waals surface area contributed by atoms with Crippen LogP contribution in [0.4, 0.5) is 0 Å². The van der Waals surface area contributed by atoms with Gasteiger partial charge in [-0.05, 0) is 95.6 Å². The molecule has 4 aromatic carbocycles. The van der Waals surface area contributed by atoms with E-state index in [0.29, 0.717) is 35.5 Å². The van der Waals surface area contributed by atoms with E-state index in [1.54, 1.807) is 48.5 Å². The first-order valence-electron chi connectivity index (χ1n) is 18.6. The van der Waals surface area contributed by atoms with E-state index in [4.69, 9.17) is 39.6 Å². The molecule has 0 aromatic heterocycles. The Bertz CT molecular complexity index is 2320. The average molecular weight is 809 g/mol. The Kier molecular flexibility index (Phi) is 15.9. The molecule has 304 valence electrons. The lowest BCUT2D eigenvalue weighted by Crippen LogP contribution is -2.14. The van der Waals surface area contributed by atoms with Crippen LogP contribution in [0.15, 0.2) is 141 Å². The average Bonchev–Trinajstić information content (AvgIpc) is 3.27. The van der Waals surface area contributed by atoms with E-state index in [2.05, 4.69) is 43.3 Å². The molecule has 0 atom stereocenters. The van der Waals surface area contributed by atoms with Crippen molar-refractivity contribution in [3.05, 3.63) is 168 Å². The van der Waals surface area contributed by atoms with Crippen molar-refractivity contribution in [1.82, 2.24) is 0 Å². The maximum atomic E-state index is 13.4. The molecule has 0 unspecified atom stereocenters. The highest BCUT2D eigenvalue weighted by atomic mass is 16.6. The van der Waals surface area contributed by atoms with Gasteiger partial charge in [-0.1, -0.05) is 55.5 Å². The monoisotopic (exact) mass is 808 g/mol. The number of hydrogen-bond acceptors (Lipinski definition) is 12. The predicted octanol–water partition coefficient (Wildman–Crippen LogP) is 8.13. The molecule has 12 nitrogen and oxygen atoms in total. The van der Waals surface area contributed by atoms with Gasteiger partial charge in [-0.2, -0.15) is 0 Å². The molecule has 0 spiro atoms. The zero-order valence-corrected chi connectivity index (χ0v) is 32.5. The number of carbonyl (C=O) groups is 5. The van der Waals surface area contributed by atoms with Gasteiger partial charge in [0.05, 0.1) is 37.6 Å². The first-order valence-corrected chi connectivity index (χ1v) is 18.6. The van der Waals surface area contributed by atoms with Gasteiger partial charge in [-0.15, -0.1) is 6.42 Å². The number of carbonyl (C=O) groups excluding carboxylic acids is 5. The van der Waals surface area contributed by atoms with E-state index in [1.807, 2.05) is 0 Å². The van der Waals surface area contributed by atoms with Crippen LogP contribution in [0.2, 0.25) is 0 Å². The summed E-state index contributed by atoms with van der Waals surface area (Å²) in [6, 6.07) is 31.5. The molecule has 60 heavy (non-hydrogen) atoms. The molecule has 0 saturated heterocycles. The van der Waals surface area contributed by atoms with Gasteiger partial charge in [-0.25, -0.2) is 24.0 Å². The Hall–Kier alpha value is -7.91. The van der Waals surface area contributed by atoms with Crippen LogP contribution in [0.25, 0.3) is 11.1 Å². The second kappa shape index (κ2) is 22.1. The van der Waals surface area contributed by atoms with Crippen LogP contribution in [0.5, 0.6) is 23.0 Å². The molecule has 6 rings (SSSR count). The number of benzene rings is 5. The molecule has 0 heterocycles. The predicted molar refractivity (Wildman–Crippen MR) is 221 cm³/mol. The fourth-order valence-electron chi connectivity index (χ4n) is 5.07. The first kappa shape index (κ1) is 43.2. The number of fused-ring (bicyclic) bond motifs is 1. The van der Waals surface area contributed by atoms with Crippen molar-refractivity contribution in [3.63, 3.8) is 0 Å². The smallest absolute Gasteiger partial charge is 0.343 e. The molecule has 0 fully saturated rings. The van der Waals surface area contributed by atoms with Crippen molar-refractivity contribution in [2.24, 2.45) is 0 Å². The summed E-state index contributed by atoms with van der Waals surface area (Å²) in [4.78, 5) is 61.8.